The molecule has 2 aromatic heterocycles. The number of fused-ring (bicyclic) bond motifs is 1. The van der Waals surface area contributed by atoms with Crippen LogP contribution in [0.25, 0.3) is 22.2 Å². The molecule has 32 heavy (non-hydrogen) atoms. The summed E-state index contributed by atoms with van der Waals surface area (Å²) >= 11 is 0. The molecule has 3 heterocycles. The zero-order valence-corrected chi connectivity index (χ0v) is 18.5. The van der Waals surface area contributed by atoms with Crippen molar-refractivity contribution < 1.29 is 13.7 Å². The molecule has 0 spiro atoms. The molecule has 0 bridgehead atoms. The first-order valence-electron chi connectivity index (χ1n) is 10.6. The van der Waals surface area contributed by atoms with Crippen LogP contribution in [0.1, 0.15) is 33.3 Å². The van der Waals surface area contributed by atoms with Crippen molar-refractivity contribution in [3.05, 3.63) is 76.8 Å². The maximum atomic E-state index is 11.5. The Hall–Kier alpha value is -3.23. The Morgan fingerprint density at radius 3 is 2.47 bits per heavy atom. The second kappa shape index (κ2) is 7.43. The van der Waals surface area contributed by atoms with E-state index in [9.17, 15) is 4.79 Å². The quantitative estimate of drug-likeness (QED) is 0.366. The molecule has 1 aliphatic rings. The summed E-state index contributed by atoms with van der Waals surface area (Å²) < 4.78 is 19.6. The molecule has 0 N–H and O–H groups in total. The molecule has 0 saturated carbocycles. The number of hydrogen-bond acceptors (Lipinski definition) is 6. The lowest BCUT2D eigenvalue weighted by Gasteiger charge is -2.32. The van der Waals surface area contributed by atoms with Gasteiger partial charge in [0.1, 0.15) is 11.3 Å². The molecule has 1 saturated heterocycles. The molecule has 1 fully saturated rings. The van der Waals surface area contributed by atoms with Gasteiger partial charge < -0.3 is 13.7 Å². The van der Waals surface area contributed by atoms with Gasteiger partial charge in [-0.1, -0.05) is 41.6 Å². The van der Waals surface area contributed by atoms with Crippen LogP contribution in [0.3, 0.4) is 0 Å². The first-order valence-corrected chi connectivity index (χ1v) is 10.6. The highest BCUT2D eigenvalue weighted by atomic mass is 16.7. The fourth-order valence-corrected chi connectivity index (χ4v) is 3.78. The molecule has 4 aromatic rings. The predicted octanol–water partition coefficient (Wildman–Crippen LogP) is 3.40. The van der Waals surface area contributed by atoms with Gasteiger partial charge >= 0.3 is 12.7 Å². The summed E-state index contributed by atoms with van der Waals surface area (Å²) in [5, 5.41) is 9.48. The SMILES string of the molecule is CC1(C)OB(c2ccccc2Cn2cc(-c3ccc4ccc(=O)oc4c3)nn2)OC1(C)C. The first kappa shape index (κ1) is 20.7. The van der Waals surface area contributed by atoms with Crippen molar-refractivity contribution in [2.45, 2.75) is 45.4 Å². The first-order chi connectivity index (χ1) is 15.2. The summed E-state index contributed by atoms with van der Waals surface area (Å²) in [6.45, 7) is 8.71. The fourth-order valence-electron chi connectivity index (χ4n) is 3.78. The van der Waals surface area contributed by atoms with Crippen molar-refractivity contribution >= 4 is 23.6 Å². The monoisotopic (exact) mass is 429 g/mol. The number of rotatable bonds is 4. The average molecular weight is 429 g/mol. The van der Waals surface area contributed by atoms with E-state index in [0.717, 1.165) is 22.0 Å². The third kappa shape index (κ3) is 3.65. The van der Waals surface area contributed by atoms with Crippen LogP contribution < -0.4 is 11.1 Å². The Morgan fingerprint density at radius 2 is 1.69 bits per heavy atom. The molecule has 0 unspecified atom stereocenters. The van der Waals surface area contributed by atoms with E-state index in [1.165, 1.54) is 6.07 Å². The minimum atomic E-state index is -0.442. The van der Waals surface area contributed by atoms with Crippen molar-refractivity contribution in [1.82, 2.24) is 15.0 Å². The minimum absolute atomic E-state index is 0.377. The van der Waals surface area contributed by atoms with Crippen LogP contribution in [0.4, 0.5) is 0 Å². The summed E-state index contributed by atoms with van der Waals surface area (Å²) in [4.78, 5) is 11.5. The van der Waals surface area contributed by atoms with Gasteiger partial charge in [0.05, 0.1) is 23.9 Å². The molecular weight excluding hydrogens is 405 g/mol. The van der Waals surface area contributed by atoms with Crippen molar-refractivity contribution in [3.8, 4) is 11.3 Å². The molecule has 1 aliphatic heterocycles. The molecular formula is C24H24BN3O4. The highest BCUT2D eigenvalue weighted by Crippen LogP contribution is 2.36. The lowest BCUT2D eigenvalue weighted by Crippen LogP contribution is -2.41. The smallest absolute Gasteiger partial charge is 0.423 e. The second-order valence-corrected chi connectivity index (χ2v) is 9.10. The maximum Gasteiger partial charge on any atom is 0.495 e. The fraction of sp³-hybridized carbons (Fsp3) is 0.292. The molecule has 2 aromatic carbocycles. The largest absolute Gasteiger partial charge is 0.495 e. The molecule has 5 rings (SSSR count). The van der Waals surface area contributed by atoms with E-state index in [0.29, 0.717) is 17.8 Å². The van der Waals surface area contributed by atoms with Crippen molar-refractivity contribution in [2.75, 3.05) is 0 Å². The van der Waals surface area contributed by atoms with Gasteiger partial charge in [-0.15, -0.1) is 5.10 Å². The number of aromatic nitrogens is 3. The number of hydrogen-bond donors (Lipinski definition) is 0. The summed E-state index contributed by atoms with van der Waals surface area (Å²) in [5.74, 6) is 0. The van der Waals surface area contributed by atoms with E-state index in [1.807, 2.05) is 76.4 Å². The normalized spacial score (nSPS) is 17.2. The lowest BCUT2D eigenvalue weighted by molar-refractivity contribution is 0.00578. The Balaban J connectivity index is 1.42. The van der Waals surface area contributed by atoms with Gasteiger partial charge in [-0.25, -0.2) is 9.48 Å². The Labute approximate surface area is 186 Å². The van der Waals surface area contributed by atoms with E-state index in [2.05, 4.69) is 10.3 Å². The van der Waals surface area contributed by atoms with Crippen molar-refractivity contribution in [3.63, 3.8) is 0 Å². The second-order valence-electron chi connectivity index (χ2n) is 9.10. The van der Waals surface area contributed by atoms with E-state index in [1.54, 1.807) is 10.7 Å². The molecule has 0 amide bonds. The Morgan fingerprint density at radius 1 is 0.969 bits per heavy atom. The van der Waals surface area contributed by atoms with Gasteiger partial charge in [-0.3, -0.25) is 0 Å². The van der Waals surface area contributed by atoms with E-state index >= 15 is 0 Å². The van der Waals surface area contributed by atoms with Gasteiger partial charge in [-0.2, -0.15) is 0 Å². The Bertz CT molecular complexity index is 1340. The van der Waals surface area contributed by atoms with Gasteiger partial charge in [0.2, 0.25) is 0 Å². The zero-order chi connectivity index (χ0) is 22.5. The average Bonchev–Trinajstić information content (AvgIpc) is 3.29. The maximum absolute atomic E-state index is 11.5. The zero-order valence-electron chi connectivity index (χ0n) is 18.5. The van der Waals surface area contributed by atoms with Gasteiger partial charge in [-0.05, 0) is 50.9 Å². The molecule has 0 radical (unpaired) electrons. The Kier molecular flexibility index (Phi) is 4.80. The van der Waals surface area contributed by atoms with Crippen LogP contribution in [-0.2, 0) is 15.9 Å². The van der Waals surface area contributed by atoms with Crippen LogP contribution in [0, 0.1) is 0 Å². The van der Waals surface area contributed by atoms with E-state index in [-0.39, 0.29) is 5.63 Å². The van der Waals surface area contributed by atoms with E-state index < -0.39 is 18.3 Å². The molecule has 0 aliphatic carbocycles. The predicted molar refractivity (Wildman–Crippen MR) is 123 cm³/mol. The van der Waals surface area contributed by atoms with Crippen LogP contribution >= 0.6 is 0 Å². The standard InChI is InChI=1S/C24H24BN3O4/c1-23(2)24(3,4)32-25(31-23)19-8-6-5-7-18(19)14-28-15-20(26-27-28)17-10-9-16-11-12-22(29)30-21(16)13-17/h5-13,15H,14H2,1-4H3. The summed E-state index contributed by atoms with van der Waals surface area (Å²) in [6, 6.07) is 16.9. The molecule has 162 valence electrons. The lowest BCUT2D eigenvalue weighted by atomic mass is 9.76. The third-order valence-electron chi connectivity index (χ3n) is 6.35. The summed E-state index contributed by atoms with van der Waals surface area (Å²) in [7, 11) is -0.442. The third-order valence-corrected chi connectivity index (χ3v) is 6.35. The van der Waals surface area contributed by atoms with Crippen molar-refractivity contribution in [2.24, 2.45) is 0 Å². The topological polar surface area (TPSA) is 79.4 Å². The van der Waals surface area contributed by atoms with Crippen molar-refractivity contribution in [1.29, 1.82) is 0 Å². The number of nitrogens with zero attached hydrogens (tertiary/aromatic N) is 3. The molecule has 0 atom stereocenters. The van der Waals surface area contributed by atoms with Crippen LogP contribution in [0.5, 0.6) is 0 Å². The highest BCUT2D eigenvalue weighted by molar-refractivity contribution is 6.62. The highest BCUT2D eigenvalue weighted by Gasteiger charge is 2.52. The summed E-state index contributed by atoms with van der Waals surface area (Å²) in [5.41, 5.74) is 2.90. The molecule has 7 nitrogen and oxygen atoms in total. The molecule has 8 heteroatoms. The van der Waals surface area contributed by atoms with Crippen LogP contribution in [-0.4, -0.2) is 33.3 Å². The van der Waals surface area contributed by atoms with Gasteiger partial charge in [0, 0.05) is 17.0 Å². The minimum Gasteiger partial charge on any atom is -0.423 e. The van der Waals surface area contributed by atoms with E-state index in [4.69, 9.17) is 13.7 Å². The summed E-state index contributed by atoms with van der Waals surface area (Å²) in [6.07, 6.45) is 1.88. The van der Waals surface area contributed by atoms with Gasteiger partial charge in [0.25, 0.3) is 0 Å². The number of benzene rings is 2. The van der Waals surface area contributed by atoms with Crippen LogP contribution in [0.15, 0.2) is 70.0 Å². The van der Waals surface area contributed by atoms with Crippen LogP contribution in [0.2, 0.25) is 0 Å². The van der Waals surface area contributed by atoms with Gasteiger partial charge in [0.15, 0.2) is 0 Å².